The van der Waals surface area contributed by atoms with E-state index in [9.17, 15) is 0 Å². The van der Waals surface area contributed by atoms with E-state index in [1.807, 2.05) is 11.3 Å². The molecule has 13 heavy (non-hydrogen) atoms. The highest BCUT2D eigenvalue weighted by atomic mass is 32.1. The van der Waals surface area contributed by atoms with E-state index in [0.717, 1.165) is 6.54 Å². The lowest BCUT2D eigenvalue weighted by atomic mass is 10.2. The molecule has 0 amide bonds. The van der Waals surface area contributed by atoms with Crippen LogP contribution < -0.4 is 5.32 Å². The number of nitriles is 1. The molecule has 0 aliphatic heterocycles. The van der Waals surface area contributed by atoms with Gasteiger partial charge in [-0.05, 0) is 30.9 Å². The lowest BCUT2D eigenvalue weighted by Crippen LogP contribution is -2.11. The van der Waals surface area contributed by atoms with Crippen molar-refractivity contribution in [1.29, 1.82) is 5.26 Å². The van der Waals surface area contributed by atoms with Crippen LogP contribution in [0.25, 0.3) is 0 Å². The van der Waals surface area contributed by atoms with Crippen LogP contribution in [0.1, 0.15) is 21.7 Å². The van der Waals surface area contributed by atoms with Crippen LogP contribution in [0.3, 0.4) is 0 Å². The molecule has 0 fully saturated rings. The van der Waals surface area contributed by atoms with E-state index in [0.29, 0.717) is 6.54 Å². The van der Waals surface area contributed by atoms with Gasteiger partial charge in [-0.2, -0.15) is 5.26 Å². The second kappa shape index (κ2) is 3.91. The highest BCUT2D eigenvalue weighted by molar-refractivity contribution is 7.12. The average Bonchev–Trinajstić information content (AvgIpc) is 2.64. The quantitative estimate of drug-likeness (QED) is 0.586. The van der Waals surface area contributed by atoms with E-state index in [1.165, 1.54) is 24.1 Å². The summed E-state index contributed by atoms with van der Waals surface area (Å²) in [6, 6.07) is 4.37. The van der Waals surface area contributed by atoms with Crippen LogP contribution in [-0.4, -0.2) is 6.54 Å². The maximum absolute atomic E-state index is 8.35. The first-order valence-electron chi connectivity index (χ1n) is 4.58. The lowest BCUT2D eigenvalue weighted by Gasteiger charge is -1.95. The fraction of sp³-hybridized carbons (Fsp3) is 0.500. The minimum Gasteiger partial charge on any atom is -0.300 e. The SMILES string of the molecule is N#CCNCc1cc2c(s1)CCC2. The Hall–Kier alpha value is -0.850. The van der Waals surface area contributed by atoms with Gasteiger partial charge in [0.25, 0.3) is 0 Å². The van der Waals surface area contributed by atoms with Gasteiger partial charge >= 0.3 is 0 Å². The molecule has 2 rings (SSSR count). The molecule has 0 spiro atoms. The van der Waals surface area contributed by atoms with Crippen molar-refractivity contribution in [2.45, 2.75) is 25.8 Å². The minimum atomic E-state index is 0.447. The summed E-state index contributed by atoms with van der Waals surface area (Å²) in [5, 5.41) is 11.4. The summed E-state index contributed by atoms with van der Waals surface area (Å²) in [5.74, 6) is 0. The van der Waals surface area contributed by atoms with E-state index in [2.05, 4.69) is 17.5 Å². The fourth-order valence-electron chi connectivity index (χ4n) is 1.72. The Morgan fingerprint density at radius 3 is 3.23 bits per heavy atom. The highest BCUT2D eigenvalue weighted by Crippen LogP contribution is 2.30. The third-order valence-electron chi connectivity index (χ3n) is 2.30. The first kappa shape index (κ1) is 8.74. The van der Waals surface area contributed by atoms with Gasteiger partial charge in [-0.1, -0.05) is 0 Å². The van der Waals surface area contributed by atoms with E-state index < -0.39 is 0 Å². The molecule has 0 bridgehead atoms. The Morgan fingerprint density at radius 2 is 2.46 bits per heavy atom. The van der Waals surface area contributed by atoms with Gasteiger partial charge in [0.1, 0.15) is 0 Å². The Labute approximate surface area is 82.2 Å². The summed E-state index contributed by atoms with van der Waals surface area (Å²) in [7, 11) is 0. The summed E-state index contributed by atoms with van der Waals surface area (Å²) in [6.45, 7) is 1.30. The molecule has 1 aromatic rings. The number of hydrogen-bond acceptors (Lipinski definition) is 3. The number of nitrogens with one attached hydrogen (secondary N) is 1. The molecular formula is C10H12N2S. The van der Waals surface area contributed by atoms with Crippen molar-refractivity contribution in [2.75, 3.05) is 6.54 Å². The summed E-state index contributed by atoms with van der Waals surface area (Å²) in [6.07, 6.45) is 3.84. The first-order chi connectivity index (χ1) is 6.40. The lowest BCUT2D eigenvalue weighted by molar-refractivity contribution is 0.775. The number of nitrogens with zero attached hydrogens (tertiary/aromatic N) is 1. The molecule has 0 saturated heterocycles. The van der Waals surface area contributed by atoms with Crippen molar-refractivity contribution >= 4 is 11.3 Å². The Kier molecular flexibility index (Phi) is 2.62. The molecule has 2 nitrogen and oxygen atoms in total. The van der Waals surface area contributed by atoms with Gasteiger partial charge in [-0.25, -0.2) is 0 Å². The minimum absolute atomic E-state index is 0.447. The van der Waals surface area contributed by atoms with Crippen LogP contribution in [-0.2, 0) is 19.4 Å². The zero-order valence-corrected chi connectivity index (χ0v) is 8.28. The standard InChI is InChI=1S/C10H12N2S/c11-4-5-12-7-9-6-8-2-1-3-10(8)13-9/h6,12H,1-3,5,7H2. The molecule has 1 aromatic heterocycles. The molecule has 1 aliphatic carbocycles. The van der Waals surface area contributed by atoms with Crippen LogP contribution in [0.4, 0.5) is 0 Å². The molecule has 0 aromatic carbocycles. The Morgan fingerprint density at radius 1 is 1.54 bits per heavy atom. The Balaban J connectivity index is 1.95. The molecule has 68 valence electrons. The molecule has 3 heteroatoms. The largest absolute Gasteiger partial charge is 0.300 e. The van der Waals surface area contributed by atoms with Crippen LogP contribution in [0.15, 0.2) is 6.07 Å². The maximum atomic E-state index is 8.35. The zero-order valence-electron chi connectivity index (χ0n) is 7.47. The maximum Gasteiger partial charge on any atom is 0.0843 e. The number of aryl methyl sites for hydroxylation is 2. The molecule has 0 unspecified atom stereocenters. The third-order valence-corrected chi connectivity index (χ3v) is 3.54. The zero-order chi connectivity index (χ0) is 9.10. The fourth-order valence-corrected chi connectivity index (χ4v) is 2.95. The first-order valence-corrected chi connectivity index (χ1v) is 5.40. The number of rotatable bonds is 3. The van der Waals surface area contributed by atoms with Crippen molar-refractivity contribution in [1.82, 2.24) is 5.32 Å². The van der Waals surface area contributed by atoms with Gasteiger partial charge in [0.15, 0.2) is 0 Å². The van der Waals surface area contributed by atoms with E-state index in [4.69, 9.17) is 5.26 Å². The van der Waals surface area contributed by atoms with Crippen LogP contribution in [0.2, 0.25) is 0 Å². The smallest absolute Gasteiger partial charge is 0.0843 e. The predicted octanol–water partition coefficient (Wildman–Crippen LogP) is 1.85. The van der Waals surface area contributed by atoms with Crippen LogP contribution >= 0.6 is 11.3 Å². The van der Waals surface area contributed by atoms with Gasteiger partial charge in [-0.15, -0.1) is 11.3 Å². The Bertz CT molecular complexity index is 314. The molecular weight excluding hydrogens is 180 g/mol. The number of fused-ring (bicyclic) bond motifs is 1. The van der Waals surface area contributed by atoms with Gasteiger partial charge in [0.05, 0.1) is 12.6 Å². The predicted molar refractivity (Wildman–Crippen MR) is 53.7 cm³/mol. The van der Waals surface area contributed by atoms with E-state index >= 15 is 0 Å². The summed E-state index contributed by atoms with van der Waals surface area (Å²) in [5.41, 5.74) is 1.54. The molecule has 1 aliphatic rings. The van der Waals surface area contributed by atoms with Crippen LogP contribution in [0.5, 0.6) is 0 Å². The molecule has 1 N–H and O–H groups in total. The number of hydrogen-bond donors (Lipinski definition) is 1. The van der Waals surface area contributed by atoms with Crippen molar-refractivity contribution in [3.05, 3.63) is 21.4 Å². The topological polar surface area (TPSA) is 35.8 Å². The van der Waals surface area contributed by atoms with Crippen LogP contribution in [0, 0.1) is 11.3 Å². The summed E-state index contributed by atoms with van der Waals surface area (Å²) < 4.78 is 0. The monoisotopic (exact) mass is 192 g/mol. The van der Waals surface area contributed by atoms with Gasteiger partial charge in [0.2, 0.25) is 0 Å². The van der Waals surface area contributed by atoms with Crippen molar-refractivity contribution < 1.29 is 0 Å². The van der Waals surface area contributed by atoms with Gasteiger partial charge < -0.3 is 0 Å². The van der Waals surface area contributed by atoms with E-state index in [-0.39, 0.29) is 0 Å². The molecule has 0 radical (unpaired) electrons. The van der Waals surface area contributed by atoms with Gasteiger partial charge in [-0.3, -0.25) is 5.32 Å². The van der Waals surface area contributed by atoms with Crippen molar-refractivity contribution in [2.24, 2.45) is 0 Å². The van der Waals surface area contributed by atoms with Gasteiger partial charge in [0, 0.05) is 16.3 Å². The summed E-state index contributed by atoms with van der Waals surface area (Å²) in [4.78, 5) is 2.94. The number of thiophene rings is 1. The molecule has 1 heterocycles. The van der Waals surface area contributed by atoms with Crippen molar-refractivity contribution in [3.63, 3.8) is 0 Å². The highest BCUT2D eigenvalue weighted by Gasteiger charge is 2.13. The normalized spacial score (nSPS) is 14.1. The summed E-state index contributed by atoms with van der Waals surface area (Å²) >= 11 is 1.90. The second-order valence-corrected chi connectivity index (χ2v) is 4.50. The molecule has 0 atom stereocenters. The van der Waals surface area contributed by atoms with E-state index in [1.54, 1.807) is 10.4 Å². The third kappa shape index (κ3) is 1.90. The van der Waals surface area contributed by atoms with Crippen molar-refractivity contribution in [3.8, 4) is 6.07 Å². The molecule has 0 saturated carbocycles. The second-order valence-electron chi connectivity index (χ2n) is 3.28. The average molecular weight is 192 g/mol.